The van der Waals surface area contributed by atoms with Crippen LogP contribution in [0, 0.1) is 0 Å². The van der Waals surface area contributed by atoms with E-state index in [9.17, 15) is 9.59 Å². The van der Waals surface area contributed by atoms with Crippen LogP contribution in [0.1, 0.15) is 6.92 Å². The number of hydrogen-bond donors (Lipinski definition) is 0. The van der Waals surface area contributed by atoms with Crippen molar-refractivity contribution in [2.24, 2.45) is 0 Å². The van der Waals surface area contributed by atoms with Crippen molar-refractivity contribution in [2.45, 2.75) is 6.92 Å². The highest BCUT2D eigenvalue weighted by Crippen LogP contribution is 2.11. The zero-order valence-electron chi connectivity index (χ0n) is 7.01. The molecule has 0 fully saturated rings. The second kappa shape index (κ2) is 4.77. The molecule has 0 unspecified atom stereocenters. The minimum absolute atomic E-state index is 0.0333. The molecule has 0 radical (unpaired) electrons. The predicted octanol–water partition coefficient (Wildman–Crippen LogP) is 0.845. The lowest BCUT2D eigenvalue weighted by Crippen LogP contribution is -2.09. The second-order valence-electron chi connectivity index (χ2n) is 1.92. The van der Waals surface area contributed by atoms with E-state index >= 15 is 0 Å². The Morgan fingerprint density at radius 3 is 1.83 bits per heavy atom. The first kappa shape index (κ1) is 11.0. The van der Waals surface area contributed by atoms with Gasteiger partial charge in [0, 0.05) is 0 Å². The van der Waals surface area contributed by atoms with Crippen molar-refractivity contribution in [3.63, 3.8) is 0 Å². The zero-order valence-corrected chi connectivity index (χ0v) is 7.77. The zero-order chi connectivity index (χ0) is 9.72. The minimum atomic E-state index is -0.750. The van der Waals surface area contributed by atoms with Crippen LogP contribution < -0.4 is 0 Å². The summed E-state index contributed by atoms with van der Waals surface area (Å²) in [6, 6.07) is 0. The first-order chi connectivity index (χ1) is 5.54. The molecular formula is C7H9ClO4. The van der Waals surface area contributed by atoms with E-state index in [0.717, 1.165) is 0 Å². The number of esters is 2. The van der Waals surface area contributed by atoms with Gasteiger partial charge in [0.25, 0.3) is 0 Å². The van der Waals surface area contributed by atoms with E-state index in [0.29, 0.717) is 0 Å². The molecule has 0 aliphatic heterocycles. The molecule has 0 spiro atoms. The van der Waals surface area contributed by atoms with Crippen LogP contribution in [0.2, 0.25) is 0 Å². The average Bonchev–Trinajstić information content (AvgIpc) is 2.12. The first-order valence-electron chi connectivity index (χ1n) is 3.07. The molecule has 0 atom stereocenters. The molecular weight excluding hydrogens is 184 g/mol. The third kappa shape index (κ3) is 2.54. The molecule has 0 amide bonds. The summed E-state index contributed by atoms with van der Waals surface area (Å²) in [5.41, 5.74) is 0.0333. The van der Waals surface area contributed by atoms with E-state index in [1.165, 1.54) is 21.1 Å². The molecule has 0 aromatic heterocycles. The number of carbonyl (C=O) groups is 2. The summed E-state index contributed by atoms with van der Waals surface area (Å²) in [7, 11) is 2.38. The number of hydrogen-bond acceptors (Lipinski definition) is 4. The Labute approximate surface area is 75.1 Å². The van der Waals surface area contributed by atoms with Crippen LogP contribution in [0.15, 0.2) is 10.6 Å². The SMILES string of the molecule is COC(=O)/C(C)=C(/Cl)C(=O)OC. The van der Waals surface area contributed by atoms with Crippen molar-refractivity contribution in [3.8, 4) is 0 Å². The van der Waals surface area contributed by atoms with Crippen LogP contribution in [0.4, 0.5) is 0 Å². The standard InChI is InChI=1S/C7H9ClO4/c1-4(6(9)11-2)5(8)7(10)12-3/h1-3H3/b5-4+. The summed E-state index contributed by atoms with van der Waals surface area (Å²) in [5.74, 6) is -1.40. The van der Waals surface area contributed by atoms with Crippen molar-refractivity contribution >= 4 is 23.5 Å². The number of methoxy groups -OCH3 is 2. The fourth-order valence-electron chi connectivity index (χ4n) is 0.485. The van der Waals surface area contributed by atoms with Crippen LogP contribution in [0.3, 0.4) is 0 Å². The highest BCUT2D eigenvalue weighted by atomic mass is 35.5. The highest BCUT2D eigenvalue weighted by Gasteiger charge is 2.15. The molecule has 0 N–H and O–H groups in total. The molecule has 0 saturated carbocycles. The minimum Gasteiger partial charge on any atom is -0.466 e. The van der Waals surface area contributed by atoms with Gasteiger partial charge in [-0.3, -0.25) is 0 Å². The van der Waals surface area contributed by atoms with Gasteiger partial charge in [0.1, 0.15) is 5.03 Å². The van der Waals surface area contributed by atoms with Crippen LogP contribution >= 0.6 is 11.6 Å². The maximum absolute atomic E-state index is 10.8. The Morgan fingerprint density at radius 1 is 1.08 bits per heavy atom. The summed E-state index contributed by atoms with van der Waals surface area (Å²) in [6.45, 7) is 1.38. The molecule has 5 heteroatoms. The topological polar surface area (TPSA) is 52.6 Å². The van der Waals surface area contributed by atoms with E-state index in [-0.39, 0.29) is 10.6 Å². The van der Waals surface area contributed by atoms with E-state index in [4.69, 9.17) is 11.6 Å². The summed E-state index contributed by atoms with van der Waals surface area (Å²) >= 11 is 5.46. The van der Waals surface area contributed by atoms with Crippen LogP contribution in [0.5, 0.6) is 0 Å². The smallest absolute Gasteiger partial charge is 0.350 e. The van der Waals surface area contributed by atoms with Crippen LogP contribution in [-0.2, 0) is 19.1 Å². The van der Waals surface area contributed by atoms with E-state index < -0.39 is 11.9 Å². The highest BCUT2D eigenvalue weighted by molar-refractivity contribution is 6.43. The van der Waals surface area contributed by atoms with Crippen molar-refractivity contribution in [1.29, 1.82) is 0 Å². The third-order valence-electron chi connectivity index (χ3n) is 1.19. The molecule has 0 aliphatic rings. The van der Waals surface area contributed by atoms with Gasteiger partial charge in [-0.05, 0) is 6.92 Å². The average molecular weight is 193 g/mol. The summed E-state index contributed by atoms with van der Waals surface area (Å²) in [4.78, 5) is 21.6. The van der Waals surface area contributed by atoms with Gasteiger partial charge in [0.15, 0.2) is 0 Å². The molecule has 0 aromatic carbocycles. The Bertz CT molecular complexity index is 208. The Kier molecular flexibility index (Phi) is 4.36. The number of ether oxygens (including phenoxy) is 2. The lowest BCUT2D eigenvalue weighted by Gasteiger charge is -2.01. The molecule has 4 nitrogen and oxygen atoms in total. The van der Waals surface area contributed by atoms with Gasteiger partial charge in [-0.1, -0.05) is 11.6 Å². The fraction of sp³-hybridized carbons (Fsp3) is 0.429. The molecule has 68 valence electrons. The quantitative estimate of drug-likeness (QED) is 0.481. The van der Waals surface area contributed by atoms with Gasteiger partial charge in [-0.15, -0.1) is 0 Å². The Morgan fingerprint density at radius 2 is 1.50 bits per heavy atom. The van der Waals surface area contributed by atoms with Gasteiger partial charge in [-0.2, -0.15) is 0 Å². The Hall–Kier alpha value is -1.03. The largest absolute Gasteiger partial charge is 0.466 e. The fourth-order valence-corrected chi connectivity index (χ4v) is 0.640. The van der Waals surface area contributed by atoms with E-state index in [1.807, 2.05) is 0 Å². The van der Waals surface area contributed by atoms with Crippen molar-refractivity contribution < 1.29 is 19.1 Å². The lowest BCUT2D eigenvalue weighted by atomic mass is 10.3. The van der Waals surface area contributed by atoms with Gasteiger partial charge in [0.2, 0.25) is 0 Å². The normalized spacial score (nSPS) is 11.7. The van der Waals surface area contributed by atoms with Crippen molar-refractivity contribution in [3.05, 3.63) is 10.6 Å². The summed E-state index contributed by atoms with van der Waals surface area (Å²) in [6.07, 6.45) is 0. The molecule has 0 bridgehead atoms. The first-order valence-corrected chi connectivity index (χ1v) is 3.45. The maximum Gasteiger partial charge on any atom is 0.350 e. The van der Waals surface area contributed by atoms with E-state index in [1.54, 1.807) is 0 Å². The van der Waals surface area contributed by atoms with E-state index in [2.05, 4.69) is 9.47 Å². The second-order valence-corrected chi connectivity index (χ2v) is 2.30. The van der Waals surface area contributed by atoms with Gasteiger partial charge in [0.05, 0.1) is 19.8 Å². The molecule has 0 heterocycles. The number of carbonyl (C=O) groups excluding carboxylic acids is 2. The van der Waals surface area contributed by atoms with Crippen molar-refractivity contribution in [1.82, 2.24) is 0 Å². The number of rotatable bonds is 2. The van der Waals surface area contributed by atoms with Gasteiger partial charge in [-0.25, -0.2) is 9.59 Å². The molecule has 12 heavy (non-hydrogen) atoms. The summed E-state index contributed by atoms with van der Waals surface area (Å²) < 4.78 is 8.63. The monoisotopic (exact) mass is 192 g/mol. The third-order valence-corrected chi connectivity index (χ3v) is 1.62. The van der Waals surface area contributed by atoms with Gasteiger partial charge < -0.3 is 9.47 Å². The van der Waals surface area contributed by atoms with Crippen molar-refractivity contribution in [2.75, 3.05) is 14.2 Å². The maximum atomic E-state index is 10.8. The van der Waals surface area contributed by atoms with Crippen LogP contribution in [0.25, 0.3) is 0 Å². The molecule has 0 saturated heterocycles. The number of halogens is 1. The van der Waals surface area contributed by atoms with Crippen LogP contribution in [-0.4, -0.2) is 26.2 Å². The molecule has 0 aromatic rings. The Balaban J connectivity index is 4.68. The van der Waals surface area contributed by atoms with Gasteiger partial charge >= 0.3 is 11.9 Å². The predicted molar refractivity (Wildman–Crippen MR) is 42.6 cm³/mol. The molecule has 0 rings (SSSR count). The summed E-state index contributed by atoms with van der Waals surface area (Å²) in [5, 5.41) is -0.260. The lowest BCUT2D eigenvalue weighted by molar-refractivity contribution is -0.138. The molecule has 0 aliphatic carbocycles.